The molecule has 1 aliphatic rings. The van der Waals surface area contributed by atoms with Crippen molar-refractivity contribution in [3.63, 3.8) is 0 Å². The molecule has 0 radical (unpaired) electrons. The van der Waals surface area contributed by atoms with Gasteiger partial charge in [0.25, 0.3) is 17.7 Å². The number of benzene rings is 3. The minimum Gasteiger partial charge on any atom is -0.493 e. The minimum atomic E-state index is -0.469. The zero-order valence-corrected chi connectivity index (χ0v) is 23.4. The lowest BCUT2D eigenvalue weighted by molar-refractivity contribution is -0.130. The zero-order valence-electron chi connectivity index (χ0n) is 22.6. The predicted molar refractivity (Wildman–Crippen MR) is 150 cm³/mol. The number of hydrogen-bond acceptors (Lipinski definition) is 9. The summed E-state index contributed by atoms with van der Waals surface area (Å²) in [5, 5.41) is 3.66. The molecule has 1 aliphatic heterocycles. The second-order valence-electron chi connectivity index (χ2n) is 8.43. The fraction of sp³-hybridized carbons (Fsp3) is 0.250. The molecule has 0 aliphatic carbocycles. The first-order chi connectivity index (χ1) is 19.3. The van der Waals surface area contributed by atoms with Crippen molar-refractivity contribution >= 4 is 35.2 Å². The molecule has 12 heteroatoms. The lowest BCUT2D eigenvalue weighted by Gasteiger charge is -2.25. The van der Waals surface area contributed by atoms with E-state index in [9.17, 15) is 14.4 Å². The standard InChI is InChI=1S/C28H29N3O8S/c1-35-20-11-8-17(12-21(20)36-2)28-31(24(32)15-40-28)30-27(34)16-6-9-19(10-7-16)29-26(33)18-13-22(37-3)25(39-5)23(14-18)38-4/h6-14,28H,15H2,1-5H3,(H,29,33)(H,30,34). The molecule has 1 heterocycles. The Bertz CT molecular complexity index is 1390. The van der Waals surface area contributed by atoms with E-state index in [4.69, 9.17) is 23.7 Å². The van der Waals surface area contributed by atoms with Crippen molar-refractivity contribution in [2.75, 3.05) is 46.6 Å². The topological polar surface area (TPSA) is 125 Å². The van der Waals surface area contributed by atoms with Crippen LogP contribution >= 0.6 is 11.8 Å². The number of ether oxygens (including phenoxy) is 5. The van der Waals surface area contributed by atoms with Crippen LogP contribution in [0.5, 0.6) is 28.7 Å². The molecule has 11 nitrogen and oxygen atoms in total. The van der Waals surface area contributed by atoms with Gasteiger partial charge in [0, 0.05) is 16.8 Å². The van der Waals surface area contributed by atoms with Gasteiger partial charge in [-0.3, -0.25) is 19.8 Å². The summed E-state index contributed by atoms with van der Waals surface area (Å²) < 4.78 is 26.6. The highest BCUT2D eigenvalue weighted by atomic mass is 32.2. The van der Waals surface area contributed by atoms with E-state index in [1.165, 1.54) is 45.2 Å². The quantitative estimate of drug-likeness (QED) is 0.375. The Morgan fingerprint density at radius 3 is 1.95 bits per heavy atom. The third kappa shape index (κ3) is 5.86. The molecule has 1 atom stereocenters. The predicted octanol–water partition coefficient (Wildman–Crippen LogP) is 3.90. The van der Waals surface area contributed by atoms with Crippen molar-refractivity contribution < 1.29 is 38.1 Å². The molecular weight excluding hydrogens is 538 g/mol. The molecule has 0 saturated carbocycles. The maximum atomic E-state index is 13.0. The van der Waals surface area contributed by atoms with Gasteiger partial charge in [-0.1, -0.05) is 6.07 Å². The van der Waals surface area contributed by atoms with Crippen LogP contribution in [0.25, 0.3) is 0 Å². The van der Waals surface area contributed by atoms with Crippen molar-refractivity contribution in [3.8, 4) is 28.7 Å². The third-order valence-electron chi connectivity index (χ3n) is 6.11. The van der Waals surface area contributed by atoms with Crippen molar-refractivity contribution in [2.45, 2.75) is 5.37 Å². The van der Waals surface area contributed by atoms with Gasteiger partial charge in [0.05, 0.1) is 41.3 Å². The van der Waals surface area contributed by atoms with Crippen LogP contribution in [-0.4, -0.2) is 64.0 Å². The second-order valence-corrected chi connectivity index (χ2v) is 9.50. The molecule has 3 aromatic rings. The van der Waals surface area contributed by atoms with Gasteiger partial charge in [-0.2, -0.15) is 0 Å². The van der Waals surface area contributed by atoms with Crippen LogP contribution in [0, 0.1) is 0 Å². The van der Waals surface area contributed by atoms with Crippen LogP contribution in [0.15, 0.2) is 54.6 Å². The van der Waals surface area contributed by atoms with Crippen molar-refractivity contribution in [3.05, 3.63) is 71.3 Å². The molecule has 0 aromatic heterocycles. The molecular formula is C28H29N3O8S. The van der Waals surface area contributed by atoms with Gasteiger partial charge in [-0.15, -0.1) is 11.8 Å². The first-order valence-electron chi connectivity index (χ1n) is 12.0. The molecule has 2 N–H and O–H groups in total. The Kier molecular flexibility index (Phi) is 8.90. The number of rotatable bonds is 10. The number of thioether (sulfide) groups is 1. The fourth-order valence-corrected chi connectivity index (χ4v) is 5.19. The monoisotopic (exact) mass is 567 g/mol. The van der Waals surface area contributed by atoms with Crippen LogP contribution in [0.4, 0.5) is 5.69 Å². The zero-order chi connectivity index (χ0) is 28.8. The molecule has 1 unspecified atom stereocenters. The van der Waals surface area contributed by atoms with E-state index in [0.717, 1.165) is 5.56 Å². The van der Waals surface area contributed by atoms with E-state index in [0.29, 0.717) is 45.6 Å². The number of nitrogens with one attached hydrogen (secondary N) is 2. The number of carbonyl (C=O) groups excluding carboxylic acids is 3. The smallest absolute Gasteiger partial charge is 0.269 e. The molecule has 3 aromatic carbocycles. The van der Waals surface area contributed by atoms with E-state index in [-0.39, 0.29) is 11.7 Å². The van der Waals surface area contributed by atoms with Gasteiger partial charge in [0.2, 0.25) is 5.75 Å². The normalized spacial score (nSPS) is 14.4. The van der Waals surface area contributed by atoms with Crippen molar-refractivity contribution in [2.24, 2.45) is 0 Å². The van der Waals surface area contributed by atoms with E-state index in [2.05, 4.69) is 10.7 Å². The highest BCUT2D eigenvalue weighted by molar-refractivity contribution is 8.00. The van der Waals surface area contributed by atoms with E-state index in [1.54, 1.807) is 55.6 Å². The molecule has 3 amide bonds. The number of carbonyl (C=O) groups is 3. The van der Waals surface area contributed by atoms with Gasteiger partial charge in [-0.25, -0.2) is 5.01 Å². The maximum absolute atomic E-state index is 13.0. The number of hydrazine groups is 1. The minimum absolute atomic E-state index is 0.213. The summed E-state index contributed by atoms with van der Waals surface area (Å²) in [5.41, 5.74) is 4.55. The Hall–Kier alpha value is -4.58. The summed E-state index contributed by atoms with van der Waals surface area (Å²) in [6.07, 6.45) is 0. The molecule has 40 heavy (non-hydrogen) atoms. The van der Waals surface area contributed by atoms with Gasteiger partial charge < -0.3 is 29.0 Å². The summed E-state index contributed by atoms with van der Waals surface area (Å²) in [7, 11) is 7.49. The maximum Gasteiger partial charge on any atom is 0.269 e. The largest absolute Gasteiger partial charge is 0.493 e. The summed E-state index contributed by atoms with van der Waals surface area (Å²) in [6.45, 7) is 0. The summed E-state index contributed by atoms with van der Waals surface area (Å²) in [5.74, 6) is 1.26. The summed E-state index contributed by atoms with van der Waals surface area (Å²) >= 11 is 1.39. The van der Waals surface area contributed by atoms with Crippen LogP contribution in [0.2, 0.25) is 0 Å². The van der Waals surface area contributed by atoms with Crippen LogP contribution < -0.4 is 34.4 Å². The van der Waals surface area contributed by atoms with E-state index in [1.807, 2.05) is 6.07 Å². The Morgan fingerprint density at radius 2 is 1.38 bits per heavy atom. The van der Waals surface area contributed by atoms with Gasteiger partial charge in [-0.05, 0) is 54.1 Å². The number of amides is 3. The Balaban J connectivity index is 1.45. The third-order valence-corrected chi connectivity index (χ3v) is 7.33. The average molecular weight is 568 g/mol. The van der Waals surface area contributed by atoms with Gasteiger partial charge >= 0.3 is 0 Å². The fourth-order valence-electron chi connectivity index (χ4n) is 4.09. The molecule has 1 fully saturated rings. The summed E-state index contributed by atoms with van der Waals surface area (Å²) in [4.78, 5) is 38.5. The van der Waals surface area contributed by atoms with Gasteiger partial charge in [0.1, 0.15) is 5.37 Å². The lowest BCUT2D eigenvalue weighted by Crippen LogP contribution is -2.44. The first kappa shape index (κ1) is 28.4. The lowest BCUT2D eigenvalue weighted by atomic mass is 10.1. The van der Waals surface area contributed by atoms with E-state index < -0.39 is 17.2 Å². The summed E-state index contributed by atoms with van der Waals surface area (Å²) in [6, 6.07) is 14.7. The Morgan fingerprint density at radius 1 is 0.750 bits per heavy atom. The van der Waals surface area contributed by atoms with Crippen LogP contribution in [-0.2, 0) is 4.79 Å². The molecule has 0 spiro atoms. The molecule has 210 valence electrons. The van der Waals surface area contributed by atoms with Gasteiger partial charge in [0.15, 0.2) is 23.0 Å². The molecule has 0 bridgehead atoms. The van der Waals surface area contributed by atoms with Crippen molar-refractivity contribution in [1.29, 1.82) is 0 Å². The van der Waals surface area contributed by atoms with Crippen molar-refractivity contribution in [1.82, 2.24) is 10.4 Å². The first-order valence-corrected chi connectivity index (χ1v) is 13.1. The second kappa shape index (κ2) is 12.5. The average Bonchev–Trinajstić information content (AvgIpc) is 3.35. The molecule has 1 saturated heterocycles. The highest BCUT2D eigenvalue weighted by Gasteiger charge is 2.35. The number of methoxy groups -OCH3 is 5. The van der Waals surface area contributed by atoms with Crippen LogP contribution in [0.3, 0.4) is 0 Å². The highest BCUT2D eigenvalue weighted by Crippen LogP contribution is 2.41. The Labute approximate surface area is 235 Å². The number of hydrogen-bond donors (Lipinski definition) is 2. The SMILES string of the molecule is COc1ccc(C2SCC(=O)N2NC(=O)c2ccc(NC(=O)c3cc(OC)c(OC)c(OC)c3)cc2)cc1OC. The molecule has 4 rings (SSSR count). The van der Waals surface area contributed by atoms with E-state index >= 15 is 0 Å². The number of nitrogens with zero attached hydrogens (tertiary/aromatic N) is 1. The number of anilines is 1. The van der Waals surface area contributed by atoms with Crippen LogP contribution in [0.1, 0.15) is 31.7 Å².